The van der Waals surface area contributed by atoms with Crippen molar-refractivity contribution in [3.63, 3.8) is 0 Å². The smallest absolute Gasteiger partial charge is 0.341 e. The number of hydrogen-bond acceptors (Lipinski definition) is 6. The molecule has 94 valence electrons. The molecule has 0 fully saturated rings. The lowest BCUT2D eigenvalue weighted by Crippen LogP contribution is -2.36. The fourth-order valence-electron chi connectivity index (χ4n) is 1.63. The molecular formula is C10H14N2O5. The second-order valence-electron chi connectivity index (χ2n) is 3.86. The van der Waals surface area contributed by atoms with Crippen LogP contribution in [0.2, 0.25) is 0 Å². The molecule has 17 heavy (non-hydrogen) atoms. The van der Waals surface area contributed by atoms with Crippen LogP contribution in [0.5, 0.6) is 0 Å². The van der Waals surface area contributed by atoms with E-state index in [1.54, 1.807) is 19.0 Å². The Hall–Kier alpha value is -1.89. The van der Waals surface area contributed by atoms with E-state index in [0.29, 0.717) is 0 Å². The van der Waals surface area contributed by atoms with E-state index < -0.39 is 16.9 Å². The lowest BCUT2D eigenvalue weighted by molar-refractivity contribution is -0.433. The van der Waals surface area contributed by atoms with Crippen LogP contribution in [-0.2, 0) is 9.53 Å². The molecule has 1 aliphatic carbocycles. The van der Waals surface area contributed by atoms with Crippen LogP contribution in [-0.4, -0.2) is 48.1 Å². The topological polar surface area (TPSA) is 92.9 Å². The third kappa shape index (κ3) is 2.62. The maximum absolute atomic E-state index is 11.3. The Bertz CT molecular complexity index is 411. The fourth-order valence-corrected chi connectivity index (χ4v) is 1.63. The van der Waals surface area contributed by atoms with Crippen molar-refractivity contribution in [3.05, 3.63) is 33.2 Å². The van der Waals surface area contributed by atoms with Gasteiger partial charge in [-0.1, -0.05) is 0 Å². The minimum atomic E-state index is -0.779. The molecule has 0 aromatic carbocycles. The zero-order valence-corrected chi connectivity index (χ0v) is 9.84. The summed E-state index contributed by atoms with van der Waals surface area (Å²) in [5, 5.41) is 20.6. The summed E-state index contributed by atoms with van der Waals surface area (Å²) >= 11 is 0. The van der Waals surface area contributed by atoms with Crippen molar-refractivity contribution in [2.24, 2.45) is 0 Å². The summed E-state index contributed by atoms with van der Waals surface area (Å²) in [6.07, 6.45) is 1.08. The lowest BCUT2D eigenvalue weighted by atomic mass is 9.97. The van der Waals surface area contributed by atoms with Gasteiger partial charge in [-0.2, -0.15) is 0 Å². The Morgan fingerprint density at radius 1 is 1.65 bits per heavy atom. The zero-order valence-electron chi connectivity index (χ0n) is 9.84. The molecule has 0 saturated carbocycles. The molecule has 0 aliphatic heterocycles. The van der Waals surface area contributed by atoms with Gasteiger partial charge in [-0.3, -0.25) is 15.0 Å². The highest BCUT2D eigenvalue weighted by atomic mass is 16.6. The summed E-state index contributed by atoms with van der Waals surface area (Å²) in [5.41, 5.74) is -0.287. The summed E-state index contributed by atoms with van der Waals surface area (Å²) in [6, 6.07) is -0.557. The van der Waals surface area contributed by atoms with Gasteiger partial charge in [-0.25, -0.2) is 4.79 Å². The van der Waals surface area contributed by atoms with Crippen LogP contribution in [0.1, 0.15) is 6.42 Å². The minimum Gasteiger partial charge on any atom is -0.511 e. The van der Waals surface area contributed by atoms with Crippen LogP contribution < -0.4 is 0 Å². The number of methoxy groups -OCH3 is 1. The van der Waals surface area contributed by atoms with Gasteiger partial charge in [0.2, 0.25) is 0 Å². The van der Waals surface area contributed by atoms with Crippen LogP contribution in [0.15, 0.2) is 23.1 Å². The predicted octanol–water partition coefficient (Wildman–Crippen LogP) is 0.466. The van der Waals surface area contributed by atoms with Crippen molar-refractivity contribution in [1.29, 1.82) is 0 Å². The number of ether oxygens (including phenoxy) is 1. The van der Waals surface area contributed by atoms with Crippen molar-refractivity contribution in [3.8, 4) is 0 Å². The van der Waals surface area contributed by atoms with E-state index in [1.165, 1.54) is 0 Å². The predicted molar refractivity (Wildman–Crippen MR) is 58.8 cm³/mol. The Kier molecular flexibility index (Phi) is 3.84. The van der Waals surface area contributed by atoms with Crippen LogP contribution in [0.25, 0.3) is 0 Å². The first-order valence-corrected chi connectivity index (χ1v) is 4.91. The van der Waals surface area contributed by atoms with Crippen LogP contribution >= 0.6 is 0 Å². The monoisotopic (exact) mass is 242 g/mol. The van der Waals surface area contributed by atoms with Crippen LogP contribution in [0.3, 0.4) is 0 Å². The number of esters is 1. The molecule has 7 heteroatoms. The zero-order chi connectivity index (χ0) is 13.2. The van der Waals surface area contributed by atoms with Gasteiger partial charge in [0.25, 0.3) is 5.70 Å². The number of nitro groups is 1. The van der Waals surface area contributed by atoms with E-state index in [-0.39, 0.29) is 23.5 Å². The van der Waals surface area contributed by atoms with Gasteiger partial charge in [0.1, 0.15) is 17.4 Å². The third-order valence-corrected chi connectivity index (χ3v) is 2.57. The van der Waals surface area contributed by atoms with E-state index in [0.717, 1.165) is 13.2 Å². The van der Waals surface area contributed by atoms with Crippen LogP contribution in [0, 0.1) is 10.1 Å². The summed E-state index contributed by atoms with van der Waals surface area (Å²) < 4.78 is 4.45. The van der Waals surface area contributed by atoms with Crippen molar-refractivity contribution >= 4 is 5.97 Å². The van der Waals surface area contributed by atoms with Gasteiger partial charge in [-0.15, -0.1) is 0 Å². The summed E-state index contributed by atoms with van der Waals surface area (Å²) in [6.45, 7) is 0. The molecule has 0 amide bonds. The molecule has 0 heterocycles. The molecule has 0 unspecified atom stereocenters. The Morgan fingerprint density at radius 2 is 2.24 bits per heavy atom. The number of hydrogen-bond donors (Lipinski definition) is 1. The SMILES string of the molecule is COC(=O)C1=C(O)C[C@H](N(C)C)C([N+](=O)[O-])=C1. The molecule has 0 saturated heterocycles. The van der Waals surface area contributed by atoms with E-state index in [1.807, 2.05) is 0 Å². The number of aliphatic hydroxyl groups excluding tert-OH is 1. The largest absolute Gasteiger partial charge is 0.511 e. The Balaban J connectivity index is 3.17. The highest BCUT2D eigenvalue weighted by Gasteiger charge is 2.35. The third-order valence-electron chi connectivity index (χ3n) is 2.57. The van der Waals surface area contributed by atoms with Crippen molar-refractivity contribution < 1.29 is 19.6 Å². The molecular weight excluding hydrogens is 228 g/mol. The summed E-state index contributed by atoms with van der Waals surface area (Å²) in [5.74, 6) is -0.972. The fraction of sp³-hybridized carbons (Fsp3) is 0.500. The average molecular weight is 242 g/mol. The maximum Gasteiger partial charge on any atom is 0.341 e. The standard InChI is InChI=1S/C10H14N2O5/c1-11(2)7-5-9(13)6(10(14)17-3)4-8(7)12(15)16/h4,7,13H,5H2,1-3H3/t7-/m0/s1. The first-order valence-electron chi connectivity index (χ1n) is 4.91. The van der Waals surface area contributed by atoms with Gasteiger partial charge < -0.3 is 9.84 Å². The molecule has 0 aromatic heterocycles. The molecule has 0 bridgehead atoms. The number of carbonyl (C=O) groups is 1. The number of likely N-dealkylation sites (N-methyl/N-ethyl adjacent to an activating group) is 1. The quantitative estimate of drug-likeness (QED) is 0.439. The van der Waals surface area contributed by atoms with Gasteiger partial charge in [0.15, 0.2) is 0 Å². The Morgan fingerprint density at radius 3 is 2.65 bits per heavy atom. The highest BCUT2D eigenvalue weighted by Crippen LogP contribution is 2.26. The molecule has 0 aromatic rings. The number of nitrogens with zero attached hydrogens (tertiary/aromatic N) is 2. The second kappa shape index (κ2) is 4.96. The first-order chi connectivity index (χ1) is 7.88. The second-order valence-corrected chi connectivity index (χ2v) is 3.86. The summed E-state index contributed by atoms with van der Waals surface area (Å²) in [7, 11) is 4.48. The molecule has 1 N–H and O–H groups in total. The van der Waals surface area contributed by atoms with Gasteiger partial charge in [0.05, 0.1) is 12.0 Å². The van der Waals surface area contributed by atoms with Gasteiger partial charge in [-0.05, 0) is 14.1 Å². The van der Waals surface area contributed by atoms with Gasteiger partial charge >= 0.3 is 5.97 Å². The van der Waals surface area contributed by atoms with Crippen molar-refractivity contribution in [2.45, 2.75) is 12.5 Å². The highest BCUT2D eigenvalue weighted by molar-refractivity contribution is 5.92. The van der Waals surface area contributed by atoms with Crippen LogP contribution in [0.4, 0.5) is 0 Å². The number of aliphatic hydroxyl groups is 1. The van der Waals surface area contributed by atoms with E-state index in [9.17, 15) is 20.0 Å². The number of rotatable bonds is 3. The molecule has 0 spiro atoms. The van der Waals surface area contributed by atoms with E-state index in [2.05, 4.69) is 4.74 Å². The summed E-state index contributed by atoms with van der Waals surface area (Å²) in [4.78, 5) is 23.2. The Labute approximate surface area is 98.1 Å². The van der Waals surface area contributed by atoms with E-state index in [4.69, 9.17) is 0 Å². The molecule has 1 atom stereocenters. The van der Waals surface area contributed by atoms with Gasteiger partial charge in [0, 0.05) is 12.5 Å². The minimum absolute atomic E-state index is 0.0181. The van der Waals surface area contributed by atoms with Crippen molar-refractivity contribution in [2.75, 3.05) is 21.2 Å². The molecule has 1 aliphatic rings. The average Bonchev–Trinajstić information content (AvgIpc) is 2.27. The first kappa shape index (κ1) is 13.2. The molecule has 1 rings (SSSR count). The number of carbonyl (C=O) groups excluding carboxylic acids is 1. The van der Waals surface area contributed by atoms with E-state index >= 15 is 0 Å². The molecule has 0 radical (unpaired) electrons. The lowest BCUT2D eigenvalue weighted by Gasteiger charge is -2.24. The molecule has 7 nitrogen and oxygen atoms in total. The van der Waals surface area contributed by atoms with Crippen molar-refractivity contribution in [1.82, 2.24) is 4.90 Å². The maximum atomic E-state index is 11.3. The normalized spacial score (nSPS) is 20.2.